The van der Waals surface area contributed by atoms with Gasteiger partial charge >= 0.3 is 11.9 Å². The van der Waals surface area contributed by atoms with Crippen LogP contribution in [0, 0.1) is 0 Å². The van der Waals surface area contributed by atoms with Gasteiger partial charge in [-0.1, -0.05) is 231 Å². The number of carboxylic acids is 1. The first-order chi connectivity index (χ1) is 23.2. The lowest BCUT2D eigenvalue weighted by Crippen LogP contribution is -1.98. The molecule has 1 N–H and O–H groups in total. The molecule has 0 fully saturated rings. The molecule has 4 heteroatoms. The maximum absolute atomic E-state index is 11.2. The van der Waals surface area contributed by atoms with Crippen LogP contribution in [0.5, 0.6) is 0 Å². The third-order valence-corrected chi connectivity index (χ3v) is 9.99. The van der Waals surface area contributed by atoms with Gasteiger partial charge in [0, 0.05) is 12.8 Å². The van der Waals surface area contributed by atoms with E-state index in [2.05, 4.69) is 6.58 Å². The number of hydrogen-bond donors (Lipinski definition) is 1. The zero-order valence-electron chi connectivity index (χ0n) is 31.5. The quantitative estimate of drug-likeness (QED) is 0.0402. The second-order valence-corrected chi connectivity index (χ2v) is 14.6. The van der Waals surface area contributed by atoms with Gasteiger partial charge < -0.3 is 9.84 Å². The van der Waals surface area contributed by atoms with Crippen molar-refractivity contribution in [3.8, 4) is 0 Å². The zero-order chi connectivity index (χ0) is 34.1. The van der Waals surface area contributed by atoms with E-state index in [9.17, 15) is 9.59 Å². The number of carbonyl (C=O) groups is 2. The molecule has 0 aromatic rings. The van der Waals surface area contributed by atoms with Gasteiger partial charge in [0.2, 0.25) is 0 Å². The molecule has 0 heterocycles. The third-order valence-electron chi connectivity index (χ3n) is 9.99. The van der Waals surface area contributed by atoms with Crippen LogP contribution in [0.3, 0.4) is 0 Å². The fraction of sp³-hybridized carbons (Fsp3) is 0.907. The Hall–Kier alpha value is -1.32. The predicted molar refractivity (Wildman–Crippen MR) is 204 cm³/mol. The summed E-state index contributed by atoms with van der Waals surface area (Å²) in [5.41, 5.74) is 0. The average molecular weight is 663 g/mol. The standard InChI is InChI=1S/C43H82O4/c1-2-47-43(46)41-39-37-35-33-31-29-27-25-23-21-19-17-15-13-11-9-7-5-3-4-6-8-10-12-14-16-18-20-22-24-26-28-30-32-34-36-38-40-42(44)45/h2H,1,3-41H2,(H,44,45). The van der Waals surface area contributed by atoms with E-state index in [0.29, 0.717) is 12.8 Å². The van der Waals surface area contributed by atoms with Crippen LogP contribution in [0.1, 0.15) is 250 Å². The van der Waals surface area contributed by atoms with Crippen LogP contribution in [0.15, 0.2) is 12.8 Å². The van der Waals surface area contributed by atoms with Crippen LogP contribution in [0.2, 0.25) is 0 Å². The van der Waals surface area contributed by atoms with E-state index in [1.54, 1.807) is 0 Å². The fourth-order valence-electron chi connectivity index (χ4n) is 6.88. The molecule has 0 bridgehead atoms. The van der Waals surface area contributed by atoms with Gasteiger partial charge in [-0.15, -0.1) is 0 Å². The summed E-state index contributed by atoms with van der Waals surface area (Å²) in [5.74, 6) is -0.799. The predicted octanol–water partition coefficient (Wildman–Crippen LogP) is 15.0. The number of carboxylic acid groups (broad SMARTS) is 1. The van der Waals surface area contributed by atoms with E-state index in [0.717, 1.165) is 25.7 Å². The number of rotatable bonds is 41. The SMILES string of the molecule is C=COC(=O)CCCCCCCCCCCCCCCCCCCCCCCCCCCCCCCCCCCCCCCC(=O)O. The number of unbranched alkanes of at least 4 members (excludes halogenated alkanes) is 36. The summed E-state index contributed by atoms with van der Waals surface area (Å²) in [6.07, 6.45) is 52.6. The molecule has 47 heavy (non-hydrogen) atoms. The second-order valence-electron chi connectivity index (χ2n) is 14.6. The number of aliphatic carboxylic acids is 1. The van der Waals surface area contributed by atoms with E-state index in [-0.39, 0.29) is 5.97 Å². The normalized spacial score (nSPS) is 11.2. The monoisotopic (exact) mass is 663 g/mol. The number of carbonyl (C=O) groups excluding carboxylic acids is 1. The minimum absolute atomic E-state index is 0.147. The summed E-state index contributed by atoms with van der Waals surface area (Å²) < 4.78 is 4.74. The molecule has 0 saturated carbocycles. The van der Waals surface area contributed by atoms with Gasteiger partial charge in [-0.05, 0) is 12.8 Å². The van der Waals surface area contributed by atoms with E-state index in [1.807, 2.05) is 0 Å². The second kappa shape index (κ2) is 40.9. The summed E-state index contributed by atoms with van der Waals surface area (Å²) >= 11 is 0. The molecule has 0 spiro atoms. The largest absolute Gasteiger partial charge is 0.481 e. The first kappa shape index (κ1) is 45.7. The molecule has 0 radical (unpaired) electrons. The van der Waals surface area contributed by atoms with Crippen molar-refractivity contribution in [2.75, 3.05) is 0 Å². The van der Waals surface area contributed by atoms with E-state index < -0.39 is 5.97 Å². The summed E-state index contributed by atoms with van der Waals surface area (Å²) in [6.45, 7) is 3.41. The molecular formula is C43H82O4. The fourth-order valence-corrected chi connectivity index (χ4v) is 6.88. The minimum Gasteiger partial charge on any atom is -0.481 e. The lowest BCUT2D eigenvalue weighted by atomic mass is 10.0. The van der Waals surface area contributed by atoms with Crippen molar-refractivity contribution in [1.29, 1.82) is 0 Å². The highest BCUT2D eigenvalue weighted by atomic mass is 16.5. The molecule has 0 amide bonds. The Bertz CT molecular complexity index is 646. The van der Waals surface area contributed by atoms with Gasteiger partial charge in [0.1, 0.15) is 0 Å². The maximum Gasteiger partial charge on any atom is 0.310 e. The van der Waals surface area contributed by atoms with E-state index in [1.165, 1.54) is 218 Å². The van der Waals surface area contributed by atoms with Gasteiger partial charge in [0.05, 0.1) is 6.26 Å². The molecule has 0 aliphatic carbocycles. The van der Waals surface area contributed by atoms with Gasteiger partial charge in [-0.25, -0.2) is 0 Å². The third kappa shape index (κ3) is 42.7. The Kier molecular flexibility index (Phi) is 39.7. The smallest absolute Gasteiger partial charge is 0.310 e. The van der Waals surface area contributed by atoms with Gasteiger partial charge in [-0.2, -0.15) is 0 Å². The van der Waals surface area contributed by atoms with Gasteiger partial charge in [0.15, 0.2) is 0 Å². The Morgan fingerprint density at radius 1 is 0.340 bits per heavy atom. The molecule has 0 unspecified atom stereocenters. The van der Waals surface area contributed by atoms with Crippen molar-refractivity contribution in [3.05, 3.63) is 12.8 Å². The lowest BCUT2D eigenvalue weighted by molar-refractivity contribution is -0.138. The molecule has 0 aromatic heterocycles. The van der Waals surface area contributed by atoms with Gasteiger partial charge in [-0.3, -0.25) is 9.59 Å². The van der Waals surface area contributed by atoms with E-state index in [4.69, 9.17) is 9.84 Å². The molecular weight excluding hydrogens is 580 g/mol. The zero-order valence-corrected chi connectivity index (χ0v) is 31.5. The van der Waals surface area contributed by atoms with Crippen molar-refractivity contribution in [3.63, 3.8) is 0 Å². The van der Waals surface area contributed by atoms with E-state index >= 15 is 0 Å². The maximum atomic E-state index is 11.2. The molecule has 0 saturated heterocycles. The number of ether oxygens (including phenoxy) is 1. The average Bonchev–Trinajstić information content (AvgIpc) is 3.05. The molecule has 0 rings (SSSR count). The van der Waals surface area contributed by atoms with Crippen molar-refractivity contribution < 1.29 is 19.4 Å². The minimum atomic E-state index is -0.652. The first-order valence-corrected chi connectivity index (χ1v) is 21.2. The summed E-state index contributed by atoms with van der Waals surface area (Å²) in [6, 6.07) is 0. The van der Waals surface area contributed by atoms with Gasteiger partial charge in [0.25, 0.3) is 0 Å². The van der Waals surface area contributed by atoms with Crippen LogP contribution in [-0.4, -0.2) is 17.0 Å². The highest BCUT2D eigenvalue weighted by molar-refractivity contribution is 5.69. The Morgan fingerprint density at radius 2 is 0.511 bits per heavy atom. The molecule has 0 aliphatic heterocycles. The van der Waals surface area contributed by atoms with Crippen LogP contribution in [-0.2, 0) is 14.3 Å². The van der Waals surface area contributed by atoms with Crippen LogP contribution in [0.4, 0.5) is 0 Å². The molecule has 278 valence electrons. The summed E-state index contributed by atoms with van der Waals surface area (Å²) in [7, 11) is 0. The number of esters is 1. The summed E-state index contributed by atoms with van der Waals surface area (Å²) in [4.78, 5) is 21.7. The Labute approximate surface area is 294 Å². The van der Waals surface area contributed by atoms with Crippen LogP contribution < -0.4 is 0 Å². The molecule has 0 atom stereocenters. The number of hydrogen-bond acceptors (Lipinski definition) is 3. The van der Waals surface area contributed by atoms with Crippen molar-refractivity contribution in [2.45, 2.75) is 250 Å². The Balaban J connectivity index is 3.07. The molecule has 4 nitrogen and oxygen atoms in total. The van der Waals surface area contributed by atoms with Crippen LogP contribution in [0.25, 0.3) is 0 Å². The van der Waals surface area contributed by atoms with Crippen LogP contribution >= 0.6 is 0 Å². The summed E-state index contributed by atoms with van der Waals surface area (Å²) in [5, 5.41) is 8.65. The highest BCUT2D eigenvalue weighted by Crippen LogP contribution is 2.17. The Morgan fingerprint density at radius 3 is 0.681 bits per heavy atom. The molecule has 0 aliphatic rings. The topological polar surface area (TPSA) is 63.6 Å². The van der Waals surface area contributed by atoms with Crippen molar-refractivity contribution in [2.24, 2.45) is 0 Å². The molecule has 0 aromatic carbocycles. The van der Waals surface area contributed by atoms with Crippen molar-refractivity contribution in [1.82, 2.24) is 0 Å². The lowest BCUT2D eigenvalue weighted by Gasteiger charge is -2.05. The van der Waals surface area contributed by atoms with Crippen molar-refractivity contribution >= 4 is 11.9 Å². The highest BCUT2D eigenvalue weighted by Gasteiger charge is 2.01. The first-order valence-electron chi connectivity index (χ1n) is 21.2.